The summed E-state index contributed by atoms with van der Waals surface area (Å²) in [7, 11) is 4.41. The Bertz CT molecular complexity index is 101. The number of carbonyl (C=O) groups is 1. The lowest BCUT2D eigenvalue weighted by atomic mass is 10.3. The molecule has 0 saturated carbocycles. The molecule has 0 aliphatic heterocycles. The Morgan fingerprint density at radius 1 is 1.18 bits per heavy atom. The second-order valence-corrected chi connectivity index (χ2v) is 2.00. The standard InChI is InChI=1S/C7H14O4/c1-9-7(10-2,11-3)5-4-6-8/h6H,4-5H2,1-3H3. The van der Waals surface area contributed by atoms with Crippen molar-refractivity contribution in [2.45, 2.75) is 18.8 Å². The minimum atomic E-state index is -1.05. The van der Waals surface area contributed by atoms with Gasteiger partial charge in [0.2, 0.25) is 0 Å². The molecule has 0 rings (SSSR count). The maximum Gasteiger partial charge on any atom is 0.282 e. The van der Waals surface area contributed by atoms with Gasteiger partial charge in [0, 0.05) is 34.2 Å². The van der Waals surface area contributed by atoms with Crippen LogP contribution in [0.4, 0.5) is 0 Å². The van der Waals surface area contributed by atoms with E-state index >= 15 is 0 Å². The first-order valence-corrected chi connectivity index (χ1v) is 3.33. The number of methoxy groups -OCH3 is 3. The lowest BCUT2D eigenvalue weighted by Crippen LogP contribution is -2.35. The molecule has 0 saturated heterocycles. The number of ether oxygens (including phenoxy) is 3. The van der Waals surface area contributed by atoms with E-state index < -0.39 is 5.97 Å². The first kappa shape index (κ1) is 10.6. The van der Waals surface area contributed by atoms with Crippen LogP contribution in [-0.4, -0.2) is 33.6 Å². The summed E-state index contributed by atoms with van der Waals surface area (Å²) in [5, 5.41) is 0. The fraction of sp³-hybridized carbons (Fsp3) is 0.857. The fourth-order valence-electron chi connectivity index (χ4n) is 0.792. The number of carbonyl (C=O) groups excluding carboxylic acids is 1. The summed E-state index contributed by atoms with van der Waals surface area (Å²) in [4.78, 5) is 10.0. The molecule has 0 aromatic carbocycles. The highest BCUT2D eigenvalue weighted by Gasteiger charge is 2.28. The molecule has 0 aliphatic carbocycles. The number of hydrogen-bond acceptors (Lipinski definition) is 4. The smallest absolute Gasteiger partial charge is 0.282 e. The van der Waals surface area contributed by atoms with Gasteiger partial charge >= 0.3 is 0 Å². The molecule has 0 radical (unpaired) electrons. The maximum absolute atomic E-state index is 10.0. The monoisotopic (exact) mass is 162 g/mol. The van der Waals surface area contributed by atoms with Crippen LogP contribution >= 0.6 is 0 Å². The predicted octanol–water partition coefficient (Wildman–Crippen LogP) is 0.558. The Balaban J connectivity index is 3.93. The van der Waals surface area contributed by atoms with E-state index in [9.17, 15) is 4.79 Å². The average Bonchev–Trinajstić information content (AvgIpc) is 2.08. The van der Waals surface area contributed by atoms with Gasteiger partial charge in [-0.3, -0.25) is 0 Å². The summed E-state index contributed by atoms with van der Waals surface area (Å²) >= 11 is 0. The van der Waals surface area contributed by atoms with Crippen LogP contribution in [0.25, 0.3) is 0 Å². The van der Waals surface area contributed by atoms with E-state index in [4.69, 9.17) is 14.2 Å². The molecule has 11 heavy (non-hydrogen) atoms. The summed E-state index contributed by atoms with van der Waals surface area (Å²) in [6.07, 6.45) is 1.56. The highest BCUT2D eigenvalue weighted by Crippen LogP contribution is 2.17. The number of rotatable bonds is 6. The van der Waals surface area contributed by atoms with Gasteiger partial charge in [0.1, 0.15) is 6.29 Å². The molecule has 0 heterocycles. The summed E-state index contributed by atoms with van der Waals surface area (Å²) in [6, 6.07) is 0. The third-order valence-electron chi connectivity index (χ3n) is 1.50. The molecule has 0 aliphatic rings. The number of hydrogen-bond donors (Lipinski definition) is 0. The highest BCUT2D eigenvalue weighted by molar-refractivity contribution is 5.49. The lowest BCUT2D eigenvalue weighted by molar-refractivity contribution is -0.354. The zero-order valence-electron chi connectivity index (χ0n) is 7.12. The van der Waals surface area contributed by atoms with Gasteiger partial charge in [0.15, 0.2) is 0 Å². The summed E-state index contributed by atoms with van der Waals surface area (Å²) in [5.74, 6) is -1.05. The molecular formula is C7H14O4. The zero-order chi connectivity index (χ0) is 8.74. The Morgan fingerprint density at radius 3 is 1.91 bits per heavy atom. The third kappa shape index (κ3) is 2.96. The van der Waals surface area contributed by atoms with Gasteiger partial charge < -0.3 is 19.0 Å². The normalized spacial score (nSPS) is 11.5. The van der Waals surface area contributed by atoms with Crippen molar-refractivity contribution in [3.05, 3.63) is 0 Å². The van der Waals surface area contributed by atoms with E-state index in [2.05, 4.69) is 0 Å². The molecule has 0 unspecified atom stereocenters. The van der Waals surface area contributed by atoms with Crippen LogP contribution in [0.2, 0.25) is 0 Å². The zero-order valence-corrected chi connectivity index (χ0v) is 7.12. The highest BCUT2D eigenvalue weighted by atomic mass is 16.9. The van der Waals surface area contributed by atoms with Gasteiger partial charge in [-0.1, -0.05) is 0 Å². The molecule has 0 aromatic heterocycles. The third-order valence-corrected chi connectivity index (χ3v) is 1.50. The molecule has 0 fully saturated rings. The SMILES string of the molecule is COC(CCC=O)(OC)OC. The predicted molar refractivity (Wildman–Crippen MR) is 39.1 cm³/mol. The molecule has 0 N–H and O–H groups in total. The molecule has 0 aromatic rings. The Labute approximate surface area is 66.4 Å². The topological polar surface area (TPSA) is 44.8 Å². The van der Waals surface area contributed by atoms with Crippen LogP contribution < -0.4 is 0 Å². The van der Waals surface area contributed by atoms with Crippen molar-refractivity contribution in [3.8, 4) is 0 Å². The average molecular weight is 162 g/mol. The second-order valence-electron chi connectivity index (χ2n) is 2.00. The molecule has 66 valence electrons. The summed E-state index contributed by atoms with van der Waals surface area (Å²) in [6.45, 7) is 0. The van der Waals surface area contributed by atoms with E-state index in [1.807, 2.05) is 0 Å². The summed E-state index contributed by atoms with van der Waals surface area (Å²) in [5.41, 5.74) is 0. The minimum absolute atomic E-state index is 0.357. The van der Waals surface area contributed by atoms with Gasteiger partial charge in [0.05, 0.1) is 0 Å². The minimum Gasteiger partial charge on any atom is -0.331 e. The van der Waals surface area contributed by atoms with Gasteiger partial charge in [-0.25, -0.2) is 0 Å². The van der Waals surface area contributed by atoms with Crippen LogP contribution in [0.3, 0.4) is 0 Å². The molecule has 4 nitrogen and oxygen atoms in total. The van der Waals surface area contributed by atoms with E-state index in [-0.39, 0.29) is 0 Å². The van der Waals surface area contributed by atoms with Crippen molar-refractivity contribution in [1.82, 2.24) is 0 Å². The van der Waals surface area contributed by atoms with Crippen molar-refractivity contribution in [2.24, 2.45) is 0 Å². The first-order valence-electron chi connectivity index (χ1n) is 3.33. The molecule has 0 atom stereocenters. The Kier molecular flexibility index (Phi) is 5.02. The van der Waals surface area contributed by atoms with Gasteiger partial charge in [-0.2, -0.15) is 0 Å². The van der Waals surface area contributed by atoms with Gasteiger partial charge in [0.25, 0.3) is 5.97 Å². The van der Waals surface area contributed by atoms with Crippen molar-refractivity contribution in [3.63, 3.8) is 0 Å². The number of aldehydes is 1. The van der Waals surface area contributed by atoms with Crippen molar-refractivity contribution < 1.29 is 19.0 Å². The molecule has 0 spiro atoms. The largest absolute Gasteiger partial charge is 0.331 e. The van der Waals surface area contributed by atoms with Crippen LogP contribution in [0.15, 0.2) is 0 Å². The van der Waals surface area contributed by atoms with Crippen LogP contribution in [0, 0.1) is 0 Å². The van der Waals surface area contributed by atoms with Crippen LogP contribution in [0.1, 0.15) is 12.8 Å². The summed E-state index contributed by atoms with van der Waals surface area (Å²) < 4.78 is 14.8. The Morgan fingerprint density at radius 2 is 1.64 bits per heavy atom. The molecule has 4 heteroatoms. The Hall–Kier alpha value is -0.450. The van der Waals surface area contributed by atoms with Crippen molar-refractivity contribution in [1.29, 1.82) is 0 Å². The molecule has 0 amide bonds. The first-order chi connectivity index (χ1) is 5.24. The van der Waals surface area contributed by atoms with Gasteiger partial charge in [-0.15, -0.1) is 0 Å². The van der Waals surface area contributed by atoms with Crippen LogP contribution in [0.5, 0.6) is 0 Å². The van der Waals surface area contributed by atoms with Crippen LogP contribution in [-0.2, 0) is 19.0 Å². The van der Waals surface area contributed by atoms with Crippen molar-refractivity contribution >= 4 is 6.29 Å². The maximum atomic E-state index is 10.0. The second kappa shape index (κ2) is 5.23. The van der Waals surface area contributed by atoms with E-state index in [0.29, 0.717) is 12.8 Å². The lowest BCUT2D eigenvalue weighted by Gasteiger charge is -2.27. The fourth-order valence-corrected chi connectivity index (χ4v) is 0.792. The van der Waals surface area contributed by atoms with E-state index in [0.717, 1.165) is 6.29 Å². The molecular weight excluding hydrogens is 148 g/mol. The van der Waals surface area contributed by atoms with Gasteiger partial charge in [-0.05, 0) is 0 Å². The quantitative estimate of drug-likeness (QED) is 0.423. The van der Waals surface area contributed by atoms with E-state index in [1.165, 1.54) is 21.3 Å². The van der Waals surface area contributed by atoms with Crippen molar-refractivity contribution in [2.75, 3.05) is 21.3 Å². The molecule has 0 bridgehead atoms. The van der Waals surface area contributed by atoms with E-state index in [1.54, 1.807) is 0 Å².